The predicted molar refractivity (Wildman–Crippen MR) is 54.8 cm³/mol. The minimum absolute atomic E-state index is 0.0906. The number of hydrogen-bond donors (Lipinski definition) is 2. The smallest absolute Gasteiger partial charge is 0.236 e. The first-order valence-corrected chi connectivity index (χ1v) is 5.31. The largest absolute Gasteiger partial charge is 0.381 e. The van der Waals surface area contributed by atoms with Crippen molar-refractivity contribution in [1.82, 2.24) is 5.32 Å². The fourth-order valence-corrected chi connectivity index (χ4v) is 1.08. The third-order valence-corrected chi connectivity index (χ3v) is 2.23. The van der Waals surface area contributed by atoms with Gasteiger partial charge in [-0.1, -0.05) is 0 Å². The molecule has 0 spiro atoms. The lowest BCUT2D eigenvalue weighted by Gasteiger charge is -2.07. The van der Waals surface area contributed by atoms with Gasteiger partial charge in [0, 0.05) is 19.8 Å². The normalized spacial score (nSPS) is 17.9. The van der Waals surface area contributed by atoms with Gasteiger partial charge in [0.05, 0.1) is 6.04 Å². The molecule has 0 saturated heterocycles. The van der Waals surface area contributed by atoms with Crippen molar-refractivity contribution in [3.05, 3.63) is 0 Å². The Kier molecular flexibility index (Phi) is 4.90. The van der Waals surface area contributed by atoms with Crippen LogP contribution in [0.1, 0.15) is 26.2 Å². The molecule has 82 valence electrons. The molecule has 0 unspecified atom stereocenters. The Labute approximate surface area is 85.2 Å². The second-order valence-corrected chi connectivity index (χ2v) is 3.95. The van der Waals surface area contributed by atoms with E-state index in [4.69, 9.17) is 10.5 Å². The van der Waals surface area contributed by atoms with Crippen LogP contribution in [0.2, 0.25) is 0 Å². The molecule has 1 saturated carbocycles. The second-order valence-electron chi connectivity index (χ2n) is 3.95. The van der Waals surface area contributed by atoms with Gasteiger partial charge in [0.2, 0.25) is 5.91 Å². The first-order chi connectivity index (χ1) is 6.70. The molecule has 0 heterocycles. The molecule has 0 aromatic rings. The fraction of sp³-hybridized carbons (Fsp3) is 0.900. The third-order valence-electron chi connectivity index (χ3n) is 2.23. The Morgan fingerprint density at radius 1 is 1.64 bits per heavy atom. The zero-order valence-electron chi connectivity index (χ0n) is 8.79. The fourth-order valence-electron chi connectivity index (χ4n) is 1.08. The number of ether oxygens (including phenoxy) is 1. The maximum absolute atomic E-state index is 11.0. The maximum atomic E-state index is 11.0. The van der Waals surface area contributed by atoms with Crippen molar-refractivity contribution in [2.45, 2.75) is 32.2 Å². The lowest BCUT2D eigenvalue weighted by molar-refractivity contribution is -0.122. The van der Waals surface area contributed by atoms with Crippen LogP contribution < -0.4 is 11.1 Å². The van der Waals surface area contributed by atoms with E-state index in [-0.39, 0.29) is 5.91 Å². The summed E-state index contributed by atoms with van der Waals surface area (Å²) in [4.78, 5) is 11.0. The summed E-state index contributed by atoms with van der Waals surface area (Å²) in [6.45, 7) is 3.96. The van der Waals surface area contributed by atoms with E-state index in [1.807, 2.05) is 0 Å². The van der Waals surface area contributed by atoms with Crippen molar-refractivity contribution >= 4 is 5.91 Å². The average molecular weight is 200 g/mol. The maximum Gasteiger partial charge on any atom is 0.236 e. The number of amides is 1. The van der Waals surface area contributed by atoms with Crippen LogP contribution in [0.5, 0.6) is 0 Å². The summed E-state index contributed by atoms with van der Waals surface area (Å²) in [5.41, 5.74) is 5.38. The molecular weight excluding hydrogens is 180 g/mol. The van der Waals surface area contributed by atoms with E-state index in [0.29, 0.717) is 6.54 Å². The zero-order valence-corrected chi connectivity index (χ0v) is 8.79. The highest BCUT2D eigenvalue weighted by Gasteiger charge is 2.20. The number of nitrogens with one attached hydrogen (secondary N) is 1. The van der Waals surface area contributed by atoms with E-state index in [0.717, 1.165) is 25.6 Å². The van der Waals surface area contributed by atoms with E-state index in [1.54, 1.807) is 6.92 Å². The first-order valence-electron chi connectivity index (χ1n) is 5.31. The Morgan fingerprint density at radius 2 is 2.36 bits per heavy atom. The standard InChI is InChI=1S/C10H20N2O2/c1-8(11)10(13)12-5-2-6-14-7-9-3-4-9/h8-9H,2-7,11H2,1H3,(H,12,13)/t8-/m0/s1. The average Bonchev–Trinajstić information content (AvgIpc) is 2.94. The molecule has 14 heavy (non-hydrogen) atoms. The highest BCUT2D eigenvalue weighted by atomic mass is 16.5. The van der Waals surface area contributed by atoms with Crippen LogP contribution in [-0.2, 0) is 9.53 Å². The van der Waals surface area contributed by atoms with Gasteiger partial charge in [0.25, 0.3) is 0 Å². The van der Waals surface area contributed by atoms with Crippen LogP contribution in [0.4, 0.5) is 0 Å². The van der Waals surface area contributed by atoms with E-state index in [1.165, 1.54) is 12.8 Å². The van der Waals surface area contributed by atoms with Gasteiger partial charge in [-0.2, -0.15) is 0 Å². The molecular formula is C10H20N2O2. The van der Waals surface area contributed by atoms with E-state index >= 15 is 0 Å². The summed E-state index contributed by atoms with van der Waals surface area (Å²) >= 11 is 0. The SMILES string of the molecule is C[C@H](N)C(=O)NCCCOCC1CC1. The van der Waals surface area contributed by atoms with Crippen LogP contribution in [-0.4, -0.2) is 31.7 Å². The van der Waals surface area contributed by atoms with E-state index < -0.39 is 6.04 Å². The summed E-state index contributed by atoms with van der Waals surface area (Å²) < 4.78 is 5.42. The minimum atomic E-state index is -0.414. The molecule has 0 aromatic carbocycles. The predicted octanol–water partition coefficient (Wildman–Crippen LogP) is 0.267. The molecule has 0 aromatic heterocycles. The van der Waals surface area contributed by atoms with Crippen LogP contribution in [0.15, 0.2) is 0 Å². The van der Waals surface area contributed by atoms with Crippen molar-refractivity contribution in [2.24, 2.45) is 11.7 Å². The van der Waals surface area contributed by atoms with Crippen molar-refractivity contribution in [1.29, 1.82) is 0 Å². The molecule has 0 aliphatic heterocycles. The molecule has 1 atom stereocenters. The number of nitrogens with two attached hydrogens (primary N) is 1. The summed E-state index contributed by atoms with van der Waals surface area (Å²) in [7, 11) is 0. The topological polar surface area (TPSA) is 64.4 Å². The molecule has 1 aliphatic rings. The molecule has 1 fully saturated rings. The summed E-state index contributed by atoms with van der Waals surface area (Å²) in [5, 5.41) is 2.74. The Bertz CT molecular complexity index is 179. The minimum Gasteiger partial charge on any atom is -0.381 e. The van der Waals surface area contributed by atoms with Crippen molar-refractivity contribution in [2.75, 3.05) is 19.8 Å². The van der Waals surface area contributed by atoms with Gasteiger partial charge in [-0.05, 0) is 32.1 Å². The second kappa shape index (κ2) is 5.98. The van der Waals surface area contributed by atoms with Crippen molar-refractivity contribution < 1.29 is 9.53 Å². The molecule has 4 nitrogen and oxygen atoms in total. The highest BCUT2D eigenvalue weighted by Crippen LogP contribution is 2.28. The van der Waals surface area contributed by atoms with Gasteiger partial charge in [-0.25, -0.2) is 0 Å². The summed E-state index contributed by atoms with van der Waals surface area (Å²) in [6.07, 6.45) is 3.51. The lowest BCUT2D eigenvalue weighted by Crippen LogP contribution is -2.38. The summed E-state index contributed by atoms with van der Waals surface area (Å²) in [6, 6.07) is -0.414. The number of carbonyl (C=O) groups is 1. The van der Waals surface area contributed by atoms with Crippen LogP contribution in [0.25, 0.3) is 0 Å². The molecule has 1 rings (SSSR count). The van der Waals surface area contributed by atoms with Gasteiger partial charge >= 0.3 is 0 Å². The van der Waals surface area contributed by atoms with Crippen LogP contribution >= 0.6 is 0 Å². The van der Waals surface area contributed by atoms with Crippen molar-refractivity contribution in [3.63, 3.8) is 0 Å². The third kappa shape index (κ3) is 5.19. The van der Waals surface area contributed by atoms with E-state index in [9.17, 15) is 4.79 Å². The Morgan fingerprint density at radius 3 is 2.93 bits per heavy atom. The van der Waals surface area contributed by atoms with E-state index in [2.05, 4.69) is 5.32 Å². The Hall–Kier alpha value is -0.610. The first kappa shape index (κ1) is 11.5. The molecule has 4 heteroatoms. The molecule has 0 radical (unpaired) electrons. The van der Waals surface area contributed by atoms with Crippen LogP contribution in [0.3, 0.4) is 0 Å². The van der Waals surface area contributed by atoms with Crippen molar-refractivity contribution in [3.8, 4) is 0 Å². The quantitative estimate of drug-likeness (QED) is 0.580. The Balaban J connectivity index is 1.81. The van der Waals surface area contributed by atoms with Crippen LogP contribution in [0, 0.1) is 5.92 Å². The molecule has 1 aliphatic carbocycles. The summed E-state index contributed by atoms with van der Waals surface area (Å²) in [5.74, 6) is 0.723. The van der Waals surface area contributed by atoms with Gasteiger partial charge in [0.15, 0.2) is 0 Å². The molecule has 3 N–H and O–H groups in total. The zero-order chi connectivity index (χ0) is 10.4. The highest BCUT2D eigenvalue weighted by molar-refractivity contribution is 5.80. The van der Waals surface area contributed by atoms with Gasteiger partial charge in [-0.15, -0.1) is 0 Å². The van der Waals surface area contributed by atoms with Gasteiger partial charge in [0.1, 0.15) is 0 Å². The van der Waals surface area contributed by atoms with Gasteiger partial charge < -0.3 is 15.8 Å². The number of hydrogen-bond acceptors (Lipinski definition) is 3. The van der Waals surface area contributed by atoms with Gasteiger partial charge in [-0.3, -0.25) is 4.79 Å². The number of rotatable bonds is 7. The molecule has 0 bridgehead atoms. The number of carbonyl (C=O) groups excluding carboxylic acids is 1. The lowest BCUT2D eigenvalue weighted by atomic mass is 10.3. The monoisotopic (exact) mass is 200 g/mol. The molecule has 1 amide bonds.